The molecular formula is C7H12ClNO. The first-order chi connectivity index (χ1) is 4.67. The van der Waals surface area contributed by atoms with E-state index in [1.54, 1.807) is 0 Å². The van der Waals surface area contributed by atoms with Gasteiger partial charge in [0.05, 0.1) is 4.87 Å². The fourth-order valence-corrected chi connectivity index (χ4v) is 1.72. The Labute approximate surface area is 65.9 Å². The van der Waals surface area contributed by atoms with Crippen LogP contribution in [0.2, 0.25) is 0 Å². The molecule has 0 amide bonds. The lowest BCUT2D eigenvalue weighted by Gasteiger charge is -2.31. The molecule has 1 aliphatic rings. The number of nitrogens with zero attached hydrogens (tertiary/aromatic N) is 1. The van der Waals surface area contributed by atoms with Crippen molar-refractivity contribution < 1.29 is 0 Å². The fraction of sp³-hybridized carbons (Fsp3) is 1.00. The Balaban J connectivity index is 2.59. The lowest BCUT2D eigenvalue weighted by Crippen LogP contribution is -2.34. The van der Waals surface area contributed by atoms with Gasteiger partial charge in [0.15, 0.2) is 0 Å². The van der Waals surface area contributed by atoms with Crippen LogP contribution in [0.25, 0.3) is 0 Å². The molecule has 0 aromatic heterocycles. The van der Waals surface area contributed by atoms with Crippen molar-refractivity contribution in [3.63, 3.8) is 0 Å². The Morgan fingerprint density at radius 2 is 2.30 bits per heavy atom. The molecule has 0 bridgehead atoms. The molecule has 10 heavy (non-hydrogen) atoms. The molecule has 0 aromatic rings. The van der Waals surface area contributed by atoms with Gasteiger partial charge in [-0.05, 0) is 19.8 Å². The summed E-state index contributed by atoms with van der Waals surface area (Å²) in [5.74, 6) is 0. The molecule has 2 unspecified atom stereocenters. The maximum Gasteiger partial charge on any atom is 0.111 e. The standard InChI is InChI=1S/C7H12ClNO/c1-7(8)5-3-2-4-6(7)9-10/h6H,2-5H2,1H3. The molecule has 58 valence electrons. The minimum atomic E-state index is -0.361. The number of nitroso groups, excluding NO2 is 1. The Bertz CT molecular complexity index is 136. The van der Waals surface area contributed by atoms with E-state index in [-0.39, 0.29) is 10.9 Å². The Hall–Kier alpha value is -0.110. The van der Waals surface area contributed by atoms with E-state index in [0.717, 1.165) is 25.7 Å². The first-order valence-electron chi connectivity index (χ1n) is 3.68. The summed E-state index contributed by atoms with van der Waals surface area (Å²) in [4.78, 5) is 9.88. The van der Waals surface area contributed by atoms with Gasteiger partial charge < -0.3 is 0 Å². The highest BCUT2D eigenvalue weighted by atomic mass is 35.5. The van der Waals surface area contributed by atoms with E-state index in [0.29, 0.717) is 0 Å². The molecule has 1 saturated carbocycles. The summed E-state index contributed by atoms with van der Waals surface area (Å²) in [7, 11) is 0. The second-order valence-electron chi connectivity index (χ2n) is 3.15. The first kappa shape index (κ1) is 7.99. The number of rotatable bonds is 1. The normalized spacial score (nSPS) is 41.2. The van der Waals surface area contributed by atoms with Crippen LogP contribution in [-0.2, 0) is 0 Å². The van der Waals surface area contributed by atoms with E-state index in [4.69, 9.17) is 11.6 Å². The topological polar surface area (TPSA) is 29.4 Å². The highest BCUT2D eigenvalue weighted by Gasteiger charge is 2.35. The third-order valence-electron chi connectivity index (χ3n) is 2.22. The molecule has 2 atom stereocenters. The molecule has 2 nitrogen and oxygen atoms in total. The van der Waals surface area contributed by atoms with Crippen LogP contribution in [0.1, 0.15) is 32.6 Å². The number of hydrogen-bond donors (Lipinski definition) is 0. The SMILES string of the molecule is CC1(Cl)CCCCC1N=O. The molecular weight excluding hydrogens is 150 g/mol. The van der Waals surface area contributed by atoms with Crippen molar-refractivity contribution in [2.75, 3.05) is 0 Å². The molecule has 0 aliphatic heterocycles. The largest absolute Gasteiger partial charge is 0.150 e. The van der Waals surface area contributed by atoms with Crippen molar-refractivity contribution in [2.45, 2.75) is 43.5 Å². The second-order valence-corrected chi connectivity index (χ2v) is 4.01. The zero-order valence-corrected chi connectivity index (χ0v) is 6.90. The van der Waals surface area contributed by atoms with Crippen LogP contribution < -0.4 is 0 Å². The van der Waals surface area contributed by atoms with Crippen LogP contribution in [0.5, 0.6) is 0 Å². The molecule has 0 N–H and O–H groups in total. The summed E-state index contributed by atoms with van der Waals surface area (Å²) in [6.07, 6.45) is 4.01. The minimum Gasteiger partial charge on any atom is -0.150 e. The zero-order chi connectivity index (χ0) is 7.61. The molecule has 1 fully saturated rings. The van der Waals surface area contributed by atoms with Crippen LogP contribution in [0.15, 0.2) is 5.18 Å². The predicted octanol–water partition coefficient (Wildman–Crippen LogP) is 2.69. The van der Waals surface area contributed by atoms with Gasteiger partial charge in [0.1, 0.15) is 6.04 Å². The molecule has 0 aromatic carbocycles. The monoisotopic (exact) mass is 161 g/mol. The van der Waals surface area contributed by atoms with Gasteiger partial charge in [-0.15, -0.1) is 11.6 Å². The zero-order valence-electron chi connectivity index (χ0n) is 6.14. The summed E-state index contributed by atoms with van der Waals surface area (Å²) < 4.78 is 0. The molecule has 1 aliphatic carbocycles. The highest BCUT2D eigenvalue weighted by molar-refractivity contribution is 6.24. The quantitative estimate of drug-likeness (QED) is 0.430. The summed E-state index contributed by atoms with van der Waals surface area (Å²) in [5, 5.41) is 3.02. The van der Waals surface area contributed by atoms with E-state index in [9.17, 15) is 4.91 Å². The number of halogens is 1. The van der Waals surface area contributed by atoms with Gasteiger partial charge in [-0.1, -0.05) is 18.0 Å². The minimum absolute atomic E-state index is 0.164. The van der Waals surface area contributed by atoms with Crippen LogP contribution in [0.3, 0.4) is 0 Å². The summed E-state index contributed by atoms with van der Waals surface area (Å²) >= 11 is 6.04. The Morgan fingerprint density at radius 3 is 2.70 bits per heavy atom. The number of alkyl halides is 1. The van der Waals surface area contributed by atoms with Crippen molar-refractivity contribution in [2.24, 2.45) is 5.18 Å². The van der Waals surface area contributed by atoms with E-state index < -0.39 is 0 Å². The van der Waals surface area contributed by atoms with Crippen molar-refractivity contribution in [3.8, 4) is 0 Å². The van der Waals surface area contributed by atoms with E-state index in [1.807, 2.05) is 6.92 Å². The van der Waals surface area contributed by atoms with Crippen molar-refractivity contribution in [1.82, 2.24) is 0 Å². The van der Waals surface area contributed by atoms with Crippen molar-refractivity contribution in [1.29, 1.82) is 0 Å². The molecule has 0 heterocycles. The molecule has 3 heteroatoms. The van der Waals surface area contributed by atoms with Gasteiger partial charge in [0, 0.05) is 0 Å². The second kappa shape index (κ2) is 2.87. The van der Waals surface area contributed by atoms with Gasteiger partial charge in [-0.25, -0.2) is 0 Å². The summed E-state index contributed by atoms with van der Waals surface area (Å²) in [6.45, 7) is 1.90. The summed E-state index contributed by atoms with van der Waals surface area (Å²) in [6, 6.07) is -0.164. The maximum atomic E-state index is 10.2. The smallest absolute Gasteiger partial charge is 0.111 e. The van der Waals surface area contributed by atoms with Gasteiger partial charge in [-0.3, -0.25) is 0 Å². The average Bonchev–Trinajstić information content (AvgIpc) is 1.87. The fourth-order valence-electron chi connectivity index (χ4n) is 1.44. The number of hydrogen-bond acceptors (Lipinski definition) is 2. The third kappa shape index (κ3) is 1.48. The molecule has 0 radical (unpaired) electrons. The highest BCUT2D eigenvalue weighted by Crippen LogP contribution is 2.35. The lowest BCUT2D eigenvalue weighted by molar-refractivity contribution is 0.359. The predicted molar refractivity (Wildman–Crippen MR) is 42.3 cm³/mol. The molecule has 1 rings (SSSR count). The Morgan fingerprint density at radius 1 is 1.60 bits per heavy atom. The molecule has 0 saturated heterocycles. The molecule has 0 spiro atoms. The average molecular weight is 162 g/mol. The van der Waals surface area contributed by atoms with Gasteiger partial charge in [0.2, 0.25) is 0 Å². The third-order valence-corrected chi connectivity index (χ3v) is 2.66. The lowest BCUT2D eigenvalue weighted by atomic mass is 9.86. The van der Waals surface area contributed by atoms with Crippen LogP contribution in [-0.4, -0.2) is 10.9 Å². The van der Waals surface area contributed by atoms with Gasteiger partial charge in [0.25, 0.3) is 0 Å². The van der Waals surface area contributed by atoms with Crippen LogP contribution >= 0.6 is 11.6 Å². The van der Waals surface area contributed by atoms with Crippen LogP contribution in [0.4, 0.5) is 0 Å². The van der Waals surface area contributed by atoms with E-state index in [1.165, 1.54) is 0 Å². The maximum absolute atomic E-state index is 10.2. The van der Waals surface area contributed by atoms with Crippen LogP contribution in [0, 0.1) is 4.91 Å². The summed E-state index contributed by atoms with van der Waals surface area (Å²) in [5.41, 5.74) is 0. The first-order valence-corrected chi connectivity index (χ1v) is 4.06. The van der Waals surface area contributed by atoms with Crippen molar-refractivity contribution >= 4 is 11.6 Å². The Kier molecular flexibility index (Phi) is 2.29. The van der Waals surface area contributed by atoms with Gasteiger partial charge in [-0.2, -0.15) is 4.91 Å². The van der Waals surface area contributed by atoms with E-state index in [2.05, 4.69) is 5.18 Å². The van der Waals surface area contributed by atoms with Gasteiger partial charge >= 0.3 is 0 Å². The van der Waals surface area contributed by atoms with Crippen molar-refractivity contribution in [3.05, 3.63) is 4.91 Å². The van der Waals surface area contributed by atoms with E-state index >= 15 is 0 Å².